The Balaban J connectivity index is 0. The number of carbonyl (C=O) groups is 4. The van der Waals surface area contributed by atoms with E-state index in [0.717, 1.165) is 0 Å². The van der Waals surface area contributed by atoms with Crippen LogP contribution in [-0.2, 0) is 19.2 Å². The van der Waals surface area contributed by atoms with E-state index >= 15 is 0 Å². The first kappa shape index (κ1) is 15.7. The van der Waals surface area contributed by atoms with Gasteiger partial charge in [0.05, 0.1) is 0 Å². The Kier molecular flexibility index (Phi) is 9.30. The summed E-state index contributed by atoms with van der Waals surface area (Å²) in [7, 11) is 0. The largest absolute Gasteiger partial charge is 0.476 e. The Bertz CT molecular complexity index is 255. The number of hydrogen-bond acceptors (Lipinski definition) is 4. The van der Waals surface area contributed by atoms with Crippen molar-refractivity contribution in [2.45, 2.75) is 33.1 Å². The highest BCUT2D eigenvalue weighted by Crippen LogP contribution is 1.87. The zero-order valence-corrected chi connectivity index (χ0v) is 8.65. The van der Waals surface area contributed by atoms with Crippen molar-refractivity contribution in [2.75, 3.05) is 0 Å². The average Bonchev–Trinajstić information content (AvgIpc) is 2.17. The Morgan fingerprint density at radius 3 is 1.33 bits per heavy atom. The first-order valence-electron chi connectivity index (χ1n) is 4.39. The molecule has 0 unspecified atom stereocenters. The van der Waals surface area contributed by atoms with Gasteiger partial charge in [-0.05, 0) is 6.42 Å². The molecular formula is C9H14O6. The third-order valence-electron chi connectivity index (χ3n) is 1.28. The zero-order chi connectivity index (χ0) is 12.4. The van der Waals surface area contributed by atoms with E-state index in [0.29, 0.717) is 6.42 Å². The molecule has 6 nitrogen and oxygen atoms in total. The van der Waals surface area contributed by atoms with Crippen LogP contribution in [-0.4, -0.2) is 33.7 Å². The number of ketones is 2. The molecule has 0 bridgehead atoms. The van der Waals surface area contributed by atoms with Crippen LogP contribution in [0.5, 0.6) is 0 Å². The van der Waals surface area contributed by atoms with Crippen LogP contribution in [0.3, 0.4) is 0 Å². The van der Waals surface area contributed by atoms with Crippen LogP contribution in [0.4, 0.5) is 0 Å². The Labute approximate surface area is 86.9 Å². The lowest BCUT2D eigenvalue weighted by molar-refractivity contribution is -0.149. The van der Waals surface area contributed by atoms with Crippen molar-refractivity contribution in [1.29, 1.82) is 0 Å². The summed E-state index contributed by atoms with van der Waals surface area (Å²) in [5, 5.41) is 15.8. The average molecular weight is 218 g/mol. The maximum absolute atomic E-state index is 10.1. The van der Waals surface area contributed by atoms with Gasteiger partial charge in [0, 0.05) is 12.8 Å². The second kappa shape index (κ2) is 8.86. The molecule has 6 heteroatoms. The highest BCUT2D eigenvalue weighted by atomic mass is 16.4. The van der Waals surface area contributed by atoms with Gasteiger partial charge in [-0.1, -0.05) is 13.8 Å². The third-order valence-corrected chi connectivity index (χ3v) is 1.28. The predicted molar refractivity (Wildman–Crippen MR) is 50.5 cm³/mol. The molecule has 86 valence electrons. The first-order valence-corrected chi connectivity index (χ1v) is 4.39. The van der Waals surface area contributed by atoms with E-state index in [1.807, 2.05) is 0 Å². The smallest absolute Gasteiger partial charge is 0.372 e. The maximum Gasteiger partial charge on any atom is 0.372 e. The van der Waals surface area contributed by atoms with E-state index in [-0.39, 0.29) is 12.8 Å². The quantitative estimate of drug-likeness (QED) is 0.650. The van der Waals surface area contributed by atoms with Gasteiger partial charge in [0.15, 0.2) is 0 Å². The van der Waals surface area contributed by atoms with Gasteiger partial charge in [-0.15, -0.1) is 0 Å². The minimum atomic E-state index is -1.34. The number of hydrogen-bond donors (Lipinski definition) is 2. The molecule has 0 heterocycles. The molecule has 15 heavy (non-hydrogen) atoms. The Morgan fingerprint density at radius 1 is 0.867 bits per heavy atom. The fourth-order valence-corrected chi connectivity index (χ4v) is 0.485. The molecule has 0 spiro atoms. The highest BCUT2D eigenvalue weighted by molar-refractivity contribution is 6.32. The van der Waals surface area contributed by atoms with Crippen molar-refractivity contribution in [1.82, 2.24) is 0 Å². The normalized spacial score (nSPS) is 8.40. The maximum atomic E-state index is 10.1. The molecule has 0 aromatic heterocycles. The van der Waals surface area contributed by atoms with E-state index in [2.05, 4.69) is 0 Å². The van der Waals surface area contributed by atoms with Gasteiger partial charge in [-0.3, -0.25) is 9.59 Å². The summed E-state index contributed by atoms with van der Waals surface area (Å²) in [5.41, 5.74) is 0. The van der Waals surface area contributed by atoms with Gasteiger partial charge in [-0.25, -0.2) is 9.59 Å². The van der Waals surface area contributed by atoms with Crippen molar-refractivity contribution in [2.24, 2.45) is 0 Å². The number of carboxylic acids is 2. The standard InChI is InChI=1S/C5H8O3.C4H6O3/c1-2-3-4(6)5(7)8;1-2-3(5)4(6)7/h2-3H2,1H3,(H,7,8);2H2,1H3,(H,6,7). The summed E-state index contributed by atoms with van der Waals surface area (Å²) in [6.45, 7) is 3.28. The summed E-state index contributed by atoms with van der Waals surface area (Å²) in [4.78, 5) is 39.4. The number of Topliss-reactive ketones (excluding diaryl/α,β-unsaturated/α-hetero) is 2. The SMILES string of the molecule is CCC(=O)C(=O)O.CCCC(=O)C(=O)O. The molecule has 0 aliphatic rings. The summed E-state index contributed by atoms with van der Waals surface area (Å²) in [6.07, 6.45) is 0.829. The van der Waals surface area contributed by atoms with E-state index in [9.17, 15) is 19.2 Å². The second-order valence-electron chi connectivity index (χ2n) is 2.56. The summed E-state index contributed by atoms with van der Waals surface area (Å²) in [5.74, 6) is -4.11. The lowest BCUT2D eigenvalue weighted by Crippen LogP contribution is -2.10. The van der Waals surface area contributed by atoms with E-state index in [1.54, 1.807) is 6.92 Å². The number of carboxylic acid groups (broad SMARTS) is 2. The lowest BCUT2D eigenvalue weighted by Gasteiger charge is -1.85. The molecule has 0 saturated heterocycles. The van der Waals surface area contributed by atoms with Crippen molar-refractivity contribution < 1.29 is 29.4 Å². The molecule has 0 amide bonds. The van der Waals surface area contributed by atoms with Gasteiger partial charge >= 0.3 is 11.9 Å². The summed E-state index contributed by atoms with van der Waals surface area (Å²) < 4.78 is 0. The second-order valence-corrected chi connectivity index (χ2v) is 2.56. The van der Waals surface area contributed by atoms with E-state index < -0.39 is 23.5 Å². The van der Waals surface area contributed by atoms with Crippen molar-refractivity contribution in [3.63, 3.8) is 0 Å². The van der Waals surface area contributed by atoms with Crippen LogP contribution in [0.25, 0.3) is 0 Å². The van der Waals surface area contributed by atoms with Crippen LogP contribution < -0.4 is 0 Å². The molecule has 0 saturated carbocycles. The molecule has 0 radical (unpaired) electrons. The number of aliphatic carboxylic acids is 2. The fourth-order valence-electron chi connectivity index (χ4n) is 0.485. The first-order chi connectivity index (χ1) is 6.86. The Hall–Kier alpha value is -1.72. The van der Waals surface area contributed by atoms with Gasteiger partial charge in [0.2, 0.25) is 11.6 Å². The topological polar surface area (TPSA) is 109 Å². The molecule has 0 aromatic carbocycles. The van der Waals surface area contributed by atoms with Crippen LogP contribution >= 0.6 is 0 Å². The van der Waals surface area contributed by atoms with Crippen LogP contribution in [0, 0.1) is 0 Å². The third kappa shape index (κ3) is 10.2. The van der Waals surface area contributed by atoms with Gasteiger partial charge in [-0.2, -0.15) is 0 Å². The van der Waals surface area contributed by atoms with Gasteiger partial charge in [0.25, 0.3) is 0 Å². The minimum Gasteiger partial charge on any atom is -0.476 e. The lowest BCUT2D eigenvalue weighted by atomic mass is 10.2. The van der Waals surface area contributed by atoms with Crippen molar-refractivity contribution in [3.8, 4) is 0 Å². The number of rotatable bonds is 5. The fraction of sp³-hybridized carbons (Fsp3) is 0.556. The molecule has 0 fully saturated rings. The molecule has 0 aliphatic carbocycles. The molecule has 2 N–H and O–H groups in total. The molecule has 0 rings (SSSR count). The zero-order valence-electron chi connectivity index (χ0n) is 8.65. The molecular weight excluding hydrogens is 204 g/mol. The van der Waals surface area contributed by atoms with Crippen LogP contribution in [0.15, 0.2) is 0 Å². The van der Waals surface area contributed by atoms with Gasteiger partial charge in [0.1, 0.15) is 0 Å². The van der Waals surface area contributed by atoms with Crippen LogP contribution in [0.1, 0.15) is 33.1 Å². The van der Waals surface area contributed by atoms with E-state index in [1.165, 1.54) is 6.92 Å². The monoisotopic (exact) mass is 218 g/mol. The number of carbonyl (C=O) groups excluding carboxylic acids is 2. The van der Waals surface area contributed by atoms with Crippen LogP contribution in [0.2, 0.25) is 0 Å². The van der Waals surface area contributed by atoms with Gasteiger partial charge < -0.3 is 10.2 Å². The summed E-state index contributed by atoms with van der Waals surface area (Å²) >= 11 is 0. The summed E-state index contributed by atoms with van der Waals surface area (Å²) in [6, 6.07) is 0. The molecule has 0 atom stereocenters. The Morgan fingerprint density at radius 2 is 1.27 bits per heavy atom. The van der Waals surface area contributed by atoms with E-state index in [4.69, 9.17) is 10.2 Å². The highest BCUT2D eigenvalue weighted by Gasteiger charge is 2.07. The van der Waals surface area contributed by atoms with Crippen molar-refractivity contribution in [3.05, 3.63) is 0 Å². The molecule has 0 aromatic rings. The minimum absolute atomic E-state index is 0.0787. The molecule has 0 aliphatic heterocycles. The predicted octanol–water partition coefficient (Wildman–Crippen LogP) is 0.490. The van der Waals surface area contributed by atoms with Crippen molar-refractivity contribution >= 4 is 23.5 Å².